The summed E-state index contributed by atoms with van der Waals surface area (Å²) in [4.78, 5) is 11.8. The second-order valence-corrected chi connectivity index (χ2v) is 5.24. The number of rotatable bonds is 6. The Hall–Kier alpha value is -2.20. The van der Waals surface area contributed by atoms with E-state index in [4.69, 9.17) is 26.8 Å². The van der Waals surface area contributed by atoms with E-state index in [1.165, 1.54) is 0 Å². The molecule has 0 fully saturated rings. The summed E-state index contributed by atoms with van der Waals surface area (Å²) in [7, 11) is 0. The molecular weight excluding hydrogens is 302 g/mol. The largest absolute Gasteiger partial charge is 0.487 e. The molecule has 0 bridgehead atoms. The molecule has 0 spiro atoms. The first-order chi connectivity index (χ1) is 10.6. The Labute approximate surface area is 134 Å². The predicted molar refractivity (Wildman–Crippen MR) is 87.2 cm³/mol. The van der Waals surface area contributed by atoms with Crippen molar-refractivity contribution in [1.82, 2.24) is 0 Å². The average molecular weight is 320 g/mol. The standard InChI is InChI=1S/C17H18ClNO3/c1-2-9-21-17(20)13-5-8-15(19)16(10-13)22-11-12-3-6-14(18)7-4-12/h3-8,10H,2,9,11,19H2,1H3. The van der Waals surface area contributed by atoms with Crippen LogP contribution in [0.3, 0.4) is 0 Å². The van der Waals surface area contributed by atoms with Gasteiger partial charge in [0.05, 0.1) is 17.9 Å². The molecule has 0 aliphatic rings. The zero-order chi connectivity index (χ0) is 15.9. The second kappa shape index (κ2) is 7.71. The molecule has 0 radical (unpaired) electrons. The maximum atomic E-state index is 11.8. The van der Waals surface area contributed by atoms with Crippen molar-refractivity contribution in [3.8, 4) is 5.75 Å². The van der Waals surface area contributed by atoms with Crippen molar-refractivity contribution in [2.24, 2.45) is 0 Å². The minimum Gasteiger partial charge on any atom is -0.487 e. The smallest absolute Gasteiger partial charge is 0.338 e. The highest BCUT2D eigenvalue weighted by atomic mass is 35.5. The van der Waals surface area contributed by atoms with E-state index in [0.717, 1.165) is 12.0 Å². The molecule has 4 nitrogen and oxygen atoms in total. The van der Waals surface area contributed by atoms with Crippen molar-refractivity contribution >= 4 is 23.3 Å². The van der Waals surface area contributed by atoms with E-state index in [1.54, 1.807) is 30.3 Å². The van der Waals surface area contributed by atoms with E-state index in [-0.39, 0.29) is 5.97 Å². The van der Waals surface area contributed by atoms with E-state index in [9.17, 15) is 4.79 Å². The minimum absolute atomic E-state index is 0.342. The van der Waals surface area contributed by atoms with Crippen LogP contribution in [0.2, 0.25) is 5.02 Å². The molecule has 0 aliphatic carbocycles. The van der Waals surface area contributed by atoms with Gasteiger partial charge in [-0.25, -0.2) is 4.79 Å². The van der Waals surface area contributed by atoms with E-state index < -0.39 is 0 Å². The topological polar surface area (TPSA) is 61.5 Å². The summed E-state index contributed by atoms with van der Waals surface area (Å²) in [5, 5.41) is 0.670. The lowest BCUT2D eigenvalue weighted by Gasteiger charge is -2.11. The van der Waals surface area contributed by atoms with Crippen LogP contribution in [-0.2, 0) is 11.3 Å². The molecule has 0 saturated heterocycles. The molecule has 2 aromatic rings. The van der Waals surface area contributed by atoms with Crippen molar-refractivity contribution in [3.63, 3.8) is 0 Å². The van der Waals surface area contributed by atoms with Crippen LogP contribution in [0.15, 0.2) is 42.5 Å². The van der Waals surface area contributed by atoms with Crippen LogP contribution in [-0.4, -0.2) is 12.6 Å². The number of ether oxygens (including phenoxy) is 2. The summed E-state index contributed by atoms with van der Waals surface area (Å²) in [6.07, 6.45) is 0.778. The molecule has 0 heterocycles. The summed E-state index contributed by atoms with van der Waals surface area (Å²) in [5.41, 5.74) is 7.74. The molecular formula is C17H18ClNO3. The molecule has 2 N–H and O–H groups in total. The maximum Gasteiger partial charge on any atom is 0.338 e. The molecule has 116 valence electrons. The SMILES string of the molecule is CCCOC(=O)c1ccc(N)c(OCc2ccc(Cl)cc2)c1. The Morgan fingerprint density at radius 1 is 1.18 bits per heavy atom. The molecule has 5 heteroatoms. The first-order valence-corrected chi connectivity index (χ1v) is 7.42. The molecule has 0 aliphatic heterocycles. The van der Waals surface area contributed by atoms with Gasteiger partial charge in [-0.2, -0.15) is 0 Å². The summed E-state index contributed by atoms with van der Waals surface area (Å²) in [5.74, 6) is 0.0825. The van der Waals surface area contributed by atoms with Gasteiger partial charge in [-0.1, -0.05) is 30.7 Å². The van der Waals surface area contributed by atoms with Crippen molar-refractivity contribution in [3.05, 3.63) is 58.6 Å². The minimum atomic E-state index is -0.377. The van der Waals surface area contributed by atoms with Crippen molar-refractivity contribution in [2.45, 2.75) is 20.0 Å². The molecule has 2 aromatic carbocycles. The maximum absolute atomic E-state index is 11.8. The number of benzene rings is 2. The zero-order valence-electron chi connectivity index (χ0n) is 12.3. The normalized spacial score (nSPS) is 10.3. The molecule has 0 unspecified atom stereocenters. The lowest BCUT2D eigenvalue weighted by molar-refractivity contribution is 0.0504. The lowest BCUT2D eigenvalue weighted by Crippen LogP contribution is -2.07. The molecule has 0 atom stereocenters. The first kappa shape index (κ1) is 16.2. The Kier molecular flexibility index (Phi) is 5.67. The van der Waals surface area contributed by atoms with Crippen LogP contribution in [0, 0.1) is 0 Å². The number of esters is 1. The van der Waals surface area contributed by atoms with Crippen molar-refractivity contribution in [1.29, 1.82) is 0 Å². The van der Waals surface area contributed by atoms with Crippen LogP contribution in [0.4, 0.5) is 5.69 Å². The highest BCUT2D eigenvalue weighted by Crippen LogP contribution is 2.24. The van der Waals surface area contributed by atoms with Gasteiger partial charge in [0.25, 0.3) is 0 Å². The Morgan fingerprint density at radius 2 is 1.91 bits per heavy atom. The van der Waals surface area contributed by atoms with Crippen LogP contribution < -0.4 is 10.5 Å². The number of carbonyl (C=O) groups is 1. The number of halogens is 1. The van der Waals surface area contributed by atoms with Gasteiger partial charge in [0.2, 0.25) is 0 Å². The lowest BCUT2D eigenvalue weighted by atomic mass is 10.2. The Bertz CT molecular complexity index is 641. The van der Waals surface area contributed by atoms with Crippen LogP contribution in [0.5, 0.6) is 5.75 Å². The number of nitrogen functional groups attached to an aromatic ring is 1. The highest BCUT2D eigenvalue weighted by molar-refractivity contribution is 6.30. The van der Waals surface area contributed by atoms with Crippen LogP contribution >= 0.6 is 11.6 Å². The number of anilines is 1. The number of nitrogens with two attached hydrogens (primary N) is 1. The molecule has 2 rings (SSSR count). The summed E-state index contributed by atoms with van der Waals surface area (Å²) >= 11 is 5.84. The third-order valence-electron chi connectivity index (χ3n) is 2.99. The third kappa shape index (κ3) is 4.40. The van der Waals surface area contributed by atoms with Crippen LogP contribution in [0.1, 0.15) is 29.3 Å². The Balaban J connectivity index is 2.06. The van der Waals surface area contributed by atoms with Gasteiger partial charge in [-0.15, -0.1) is 0 Å². The van der Waals surface area contributed by atoms with Gasteiger partial charge in [-0.05, 0) is 42.3 Å². The fraction of sp³-hybridized carbons (Fsp3) is 0.235. The molecule has 0 saturated carbocycles. The van der Waals surface area contributed by atoms with E-state index in [2.05, 4.69) is 0 Å². The second-order valence-electron chi connectivity index (χ2n) is 4.80. The molecule has 0 aromatic heterocycles. The molecule has 22 heavy (non-hydrogen) atoms. The number of hydrogen-bond donors (Lipinski definition) is 1. The predicted octanol–water partition coefficient (Wildman–Crippen LogP) is 4.07. The van der Waals surface area contributed by atoms with E-state index in [1.807, 2.05) is 19.1 Å². The van der Waals surface area contributed by atoms with Gasteiger partial charge in [0, 0.05) is 5.02 Å². The fourth-order valence-electron chi connectivity index (χ4n) is 1.81. The quantitative estimate of drug-likeness (QED) is 0.644. The Morgan fingerprint density at radius 3 is 2.59 bits per heavy atom. The summed E-state index contributed by atoms with van der Waals surface area (Å²) in [6.45, 7) is 2.68. The fourth-order valence-corrected chi connectivity index (χ4v) is 1.93. The van der Waals surface area contributed by atoms with Gasteiger partial charge >= 0.3 is 5.97 Å². The highest BCUT2D eigenvalue weighted by Gasteiger charge is 2.10. The number of carbonyl (C=O) groups excluding carboxylic acids is 1. The van der Waals surface area contributed by atoms with Crippen LogP contribution in [0.25, 0.3) is 0 Å². The van der Waals surface area contributed by atoms with E-state index >= 15 is 0 Å². The zero-order valence-corrected chi connectivity index (χ0v) is 13.1. The molecule has 0 amide bonds. The monoisotopic (exact) mass is 319 g/mol. The van der Waals surface area contributed by atoms with E-state index in [0.29, 0.717) is 35.2 Å². The van der Waals surface area contributed by atoms with Gasteiger partial charge in [0.1, 0.15) is 12.4 Å². The first-order valence-electron chi connectivity index (χ1n) is 7.04. The number of hydrogen-bond acceptors (Lipinski definition) is 4. The van der Waals surface area contributed by atoms with Crippen molar-refractivity contribution in [2.75, 3.05) is 12.3 Å². The van der Waals surface area contributed by atoms with Crippen molar-refractivity contribution < 1.29 is 14.3 Å². The third-order valence-corrected chi connectivity index (χ3v) is 3.25. The van der Waals surface area contributed by atoms with Gasteiger partial charge in [-0.3, -0.25) is 0 Å². The van der Waals surface area contributed by atoms with Gasteiger partial charge in [0.15, 0.2) is 0 Å². The van der Waals surface area contributed by atoms with Gasteiger partial charge < -0.3 is 15.2 Å². The summed E-state index contributed by atoms with van der Waals surface area (Å²) in [6, 6.07) is 12.2. The average Bonchev–Trinajstić information content (AvgIpc) is 2.53. The summed E-state index contributed by atoms with van der Waals surface area (Å²) < 4.78 is 10.8.